The summed E-state index contributed by atoms with van der Waals surface area (Å²) < 4.78 is 23.3. The highest BCUT2D eigenvalue weighted by atomic mass is 19.1. The molecule has 8 heteroatoms. The smallest absolute Gasteiger partial charge is 0.255 e. The maximum absolute atomic E-state index is 13.3. The molecule has 0 bridgehead atoms. The summed E-state index contributed by atoms with van der Waals surface area (Å²) in [5.74, 6) is 0.176. The Morgan fingerprint density at radius 2 is 2.00 bits per heavy atom. The summed E-state index contributed by atoms with van der Waals surface area (Å²) in [6, 6.07) is 7.09. The highest BCUT2D eigenvalue weighted by Gasteiger charge is 2.31. The summed E-state index contributed by atoms with van der Waals surface area (Å²) in [5, 5.41) is 3.04. The third-order valence-corrected chi connectivity index (χ3v) is 3.75. The van der Waals surface area contributed by atoms with E-state index < -0.39 is 5.82 Å². The average molecular weight is 332 g/mol. The first kappa shape index (κ1) is 16.0. The fraction of sp³-hybridized carbons (Fsp3) is 0.312. The van der Waals surface area contributed by atoms with Gasteiger partial charge in [-0.25, -0.2) is 4.98 Å². The number of hydrogen-bond donors (Lipinski definition) is 1. The second-order valence-corrected chi connectivity index (χ2v) is 5.30. The van der Waals surface area contributed by atoms with E-state index in [-0.39, 0.29) is 23.8 Å². The zero-order valence-corrected chi connectivity index (χ0v) is 13.3. The molecule has 1 saturated heterocycles. The molecule has 1 fully saturated rings. The van der Waals surface area contributed by atoms with E-state index in [0.717, 1.165) is 17.6 Å². The fourth-order valence-electron chi connectivity index (χ4n) is 2.56. The summed E-state index contributed by atoms with van der Waals surface area (Å²) in [6.07, 6.45) is 1.33. The maximum Gasteiger partial charge on any atom is 0.255 e. The number of benzene rings is 1. The molecule has 1 amide bonds. The van der Waals surface area contributed by atoms with Crippen molar-refractivity contribution in [3.05, 3.63) is 36.3 Å². The van der Waals surface area contributed by atoms with Gasteiger partial charge in [-0.05, 0) is 24.3 Å². The number of carbonyl (C=O) groups excluding carboxylic acids is 1. The van der Waals surface area contributed by atoms with Crippen molar-refractivity contribution < 1.29 is 18.7 Å². The Labute approximate surface area is 138 Å². The Bertz CT molecular complexity index is 739. The van der Waals surface area contributed by atoms with Gasteiger partial charge >= 0.3 is 0 Å². The number of carbonyl (C=O) groups is 1. The minimum absolute atomic E-state index is 0.00764. The van der Waals surface area contributed by atoms with Gasteiger partial charge in [-0.2, -0.15) is 9.37 Å². The largest absolute Gasteiger partial charge is 0.497 e. The molecule has 3 rings (SSSR count). The molecule has 0 aliphatic carbocycles. The molecule has 0 radical (unpaired) electrons. The molecule has 0 saturated carbocycles. The predicted molar refractivity (Wildman–Crippen MR) is 85.9 cm³/mol. The van der Waals surface area contributed by atoms with E-state index in [4.69, 9.17) is 9.47 Å². The van der Waals surface area contributed by atoms with E-state index in [9.17, 15) is 9.18 Å². The topological polar surface area (TPSA) is 76.6 Å². The Morgan fingerprint density at radius 3 is 2.67 bits per heavy atom. The van der Waals surface area contributed by atoms with Gasteiger partial charge in [0.2, 0.25) is 17.7 Å². The first-order chi connectivity index (χ1) is 11.6. The second kappa shape index (κ2) is 6.69. The Kier molecular flexibility index (Phi) is 4.45. The maximum atomic E-state index is 13.3. The quantitative estimate of drug-likeness (QED) is 0.900. The lowest BCUT2D eigenvalue weighted by atomic mass is 10.2. The fourth-order valence-corrected chi connectivity index (χ4v) is 2.56. The molecule has 1 aliphatic heterocycles. The molecule has 1 unspecified atom stereocenters. The van der Waals surface area contributed by atoms with Crippen molar-refractivity contribution in [3.63, 3.8) is 0 Å². The van der Waals surface area contributed by atoms with Crippen LogP contribution in [0, 0.1) is 5.82 Å². The molecule has 0 spiro atoms. The minimum atomic E-state index is -0.634. The number of methoxy groups -OCH3 is 2. The van der Waals surface area contributed by atoms with Crippen LogP contribution < -0.4 is 19.7 Å². The van der Waals surface area contributed by atoms with Crippen LogP contribution in [0.3, 0.4) is 0 Å². The van der Waals surface area contributed by atoms with Gasteiger partial charge in [-0.3, -0.25) is 4.79 Å². The van der Waals surface area contributed by atoms with E-state index in [2.05, 4.69) is 15.3 Å². The molecule has 24 heavy (non-hydrogen) atoms. The summed E-state index contributed by atoms with van der Waals surface area (Å²) in [5.41, 5.74) is 0.794. The number of nitrogens with zero attached hydrogens (tertiary/aromatic N) is 3. The van der Waals surface area contributed by atoms with Crippen LogP contribution in [0.1, 0.15) is 6.42 Å². The molecule has 2 aromatic rings. The van der Waals surface area contributed by atoms with Gasteiger partial charge in [0.15, 0.2) is 0 Å². The van der Waals surface area contributed by atoms with Crippen LogP contribution in [0.15, 0.2) is 30.5 Å². The van der Waals surface area contributed by atoms with E-state index in [1.807, 2.05) is 12.1 Å². The number of aromatic nitrogens is 2. The lowest BCUT2D eigenvalue weighted by Crippen LogP contribution is -2.28. The van der Waals surface area contributed by atoms with Crippen LogP contribution >= 0.6 is 0 Å². The lowest BCUT2D eigenvalue weighted by Gasteiger charge is -2.17. The van der Waals surface area contributed by atoms with Crippen molar-refractivity contribution in [1.82, 2.24) is 9.97 Å². The number of ether oxygens (including phenoxy) is 2. The minimum Gasteiger partial charge on any atom is -0.497 e. The van der Waals surface area contributed by atoms with E-state index in [0.29, 0.717) is 13.0 Å². The van der Waals surface area contributed by atoms with E-state index in [1.165, 1.54) is 7.11 Å². The molecule has 2 heterocycles. The molecular weight excluding hydrogens is 315 g/mol. The Balaban J connectivity index is 1.70. The van der Waals surface area contributed by atoms with Crippen molar-refractivity contribution in [3.8, 4) is 11.6 Å². The zero-order chi connectivity index (χ0) is 17.1. The molecule has 1 N–H and O–H groups in total. The normalized spacial score (nSPS) is 17.0. The lowest BCUT2D eigenvalue weighted by molar-refractivity contribution is -0.117. The van der Waals surface area contributed by atoms with Crippen LogP contribution in [-0.2, 0) is 4.79 Å². The second-order valence-electron chi connectivity index (χ2n) is 5.30. The third-order valence-electron chi connectivity index (χ3n) is 3.75. The Hall–Kier alpha value is -2.90. The van der Waals surface area contributed by atoms with Gasteiger partial charge in [0.25, 0.3) is 5.88 Å². The van der Waals surface area contributed by atoms with Crippen molar-refractivity contribution in [2.45, 2.75) is 12.5 Å². The van der Waals surface area contributed by atoms with Gasteiger partial charge < -0.3 is 19.7 Å². The number of nitrogens with one attached hydrogen (secondary N) is 1. The molecule has 1 aromatic carbocycles. The van der Waals surface area contributed by atoms with Crippen molar-refractivity contribution >= 4 is 17.5 Å². The van der Waals surface area contributed by atoms with Gasteiger partial charge in [-0.1, -0.05) is 0 Å². The Morgan fingerprint density at radius 1 is 1.25 bits per heavy atom. The van der Waals surface area contributed by atoms with Crippen LogP contribution in [0.5, 0.6) is 11.6 Å². The summed E-state index contributed by atoms with van der Waals surface area (Å²) in [4.78, 5) is 21.7. The highest BCUT2D eigenvalue weighted by molar-refractivity contribution is 5.96. The molecule has 126 valence electrons. The van der Waals surface area contributed by atoms with Crippen molar-refractivity contribution in [2.75, 3.05) is 31.0 Å². The van der Waals surface area contributed by atoms with Crippen molar-refractivity contribution in [2.24, 2.45) is 0 Å². The molecule has 1 atom stereocenters. The van der Waals surface area contributed by atoms with Crippen LogP contribution in [-0.4, -0.2) is 42.7 Å². The first-order valence-electron chi connectivity index (χ1n) is 7.38. The van der Waals surface area contributed by atoms with Crippen molar-refractivity contribution in [1.29, 1.82) is 0 Å². The average Bonchev–Trinajstić information content (AvgIpc) is 2.97. The summed E-state index contributed by atoms with van der Waals surface area (Å²) in [6.45, 7) is 0.466. The van der Waals surface area contributed by atoms with Gasteiger partial charge in [0.1, 0.15) is 5.75 Å². The SMILES string of the molecule is COc1ccc(N2CC(Nc3ncc(F)c(OC)n3)CC2=O)cc1. The summed E-state index contributed by atoms with van der Waals surface area (Å²) in [7, 11) is 2.92. The molecule has 7 nitrogen and oxygen atoms in total. The third kappa shape index (κ3) is 3.22. The summed E-state index contributed by atoms with van der Waals surface area (Å²) >= 11 is 0. The molecular formula is C16H17FN4O3. The number of amides is 1. The van der Waals surface area contributed by atoms with Gasteiger partial charge in [0.05, 0.1) is 26.5 Å². The number of halogens is 1. The zero-order valence-electron chi connectivity index (χ0n) is 13.3. The van der Waals surface area contributed by atoms with E-state index >= 15 is 0 Å². The van der Waals surface area contributed by atoms with Gasteiger partial charge in [0, 0.05) is 18.7 Å². The highest BCUT2D eigenvalue weighted by Crippen LogP contribution is 2.25. The monoisotopic (exact) mass is 332 g/mol. The standard InChI is InChI=1S/C16H17FN4O3/c1-23-12-5-3-11(4-6-12)21-9-10(7-14(21)22)19-16-18-8-13(17)15(20-16)24-2/h3-6,8,10H,7,9H2,1-2H3,(H,18,19,20). The van der Waals surface area contributed by atoms with E-state index in [1.54, 1.807) is 24.1 Å². The number of rotatable bonds is 5. The number of anilines is 2. The predicted octanol–water partition coefficient (Wildman–Crippen LogP) is 1.85. The van der Waals surface area contributed by atoms with Gasteiger partial charge in [-0.15, -0.1) is 0 Å². The molecule has 1 aromatic heterocycles. The number of hydrogen-bond acceptors (Lipinski definition) is 6. The van der Waals surface area contributed by atoms with Crippen LogP contribution in [0.25, 0.3) is 0 Å². The first-order valence-corrected chi connectivity index (χ1v) is 7.38. The van der Waals surface area contributed by atoms with Crippen LogP contribution in [0.4, 0.5) is 16.0 Å². The van der Waals surface area contributed by atoms with Crippen LogP contribution in [0.2, 0.25) is 0 Å². The molecule has 1 aliphatic rings.